The lowest BCUT2D eigenvalue weighted by Gasteiger charge is -2.12. The van der Waals surface area contributed by atoms with Crippen LogP contribution >= 0.6 is 0 Å². The highest BCUT2D eigenvalue weighted by atomic mass is 19.1. The smallest absolute Gasteiger partial charge is 0.169 e. The third-order valence-electron chi connectivity index (χ3n) is 2.94. The van der Waals surface area contributed by atoms with Gasteiger partial charge in [0.05, 0.1) is 7.11 Å². The van der Waals surface area contributed by atoms with Gasteiger partial charge in [0.15, 0.2) is 11.5 Å². The topological polar surface area (TPSA) is 42.2 Å². The molecule has 0 aromatic heterocycles. The van der Waals surface area contributed by atoms with Gasteiger partial charge in [0, 0.05) is 0 Å². The Balaban J connectivity index is 2.40. The molecular weight excluding hydrogens is 257 g/mol. The van der Waals surface area contributed by atoms with E-state index in [1.165, 1.54) is 12.1 Å². The average molecular weight is 271 g/mol. The monoisotopic (exact) mass is 271 g/mol. The fourth-order valence-corrected chi connectivity index (χ4v) is 1.83. The van der Waals surface area contributed by atoms with Crippen molar-refractivity contribution in [3.63, 3.8) is 0 Å². The molecule has 2 aromatic rings. The molecule has 0 N–H and O–H groups in total. The number of nitriles is 1. The summed E-state index contributed by atoms with van der Waals surface area (Å²) >= 11 is 0. The molecule has 0 unspecified atom stereocenters. The Morgan fingerprint density at radius 1 is 1.15 bits per heavy atom. The van der Waals surface area contributed by atoms with Crippen molar-refractivity contribution < 1.29 is 13.9 Å². The molecule has 0 saturated heterocycles. The summed E-state index contributed by atoms with van der Waals surface area (Å²) in [6, 6.07) is 11.6. The number of hydrogen-bond donors (Lipinski definition) is 0. The predicted octanol–water partition coefficient (Wildman–Crippen LogP) is 4.06. The first-order valence-corrected chi connectivity index (χ1v) is 6.23. The van der Waals surface area contributed by atoms with Gasteiger partial charge in [-0.1, -0.05) is 19.1 Å². The molecule has 0 aliphatic carbocycles. The summed E-state index contributed by atoms with van der Waals surface area (Å²) in [5.41, 5.74) is 0.989. The molecule has 4 heteroatoms. The molecule has 0 heterocycles. The van der Waals surface area contributed by atoms with Gasteiger partial charge in [-0.05, 0) is 36.2 Å². The second kappa shape index (κ2) is 6.07. The van der Waals surface area contributed by atoms with Crippen LogP contribution in [0.5, 0.6) is 17.2 Å². The molecule has 0 saturated carbocycles. The summed E-state index contributed by atoms with van der Waals surface area (Å²) < 4.78 is 24.4. The highest BCUT2D eigenvalue weighted by molar-refractivity contribution is 5.50. The van der Waals surface area contributed by atoms with Crippen molar-refractivity contribution >= 4 is 0 Å². The molecule has 0 spiro atoms. The highest BCUT2D eigenvalue weighted by Gasteiger charge is 2.12. The van der Waals surface area contributed by atoms with Gasteiger partial charge < -0.3 is 9.47 Å². The third kappa shape index (κ3) is 2.72. The number of benzene rings is 2. The zero-order valence-electron chi connectivity index (χ0n) is 11.3. The number of ether oxygens (including phenoxy) is 2. The number of hydrogen-bond acceptors (Lipinski definition) is 3. The highest BCUT2D eigenvalue weighted by Crippen LogP contribution is 2.34. The van der Waals surface area contributed by atoms with Gasteiger partial charge in [-0.15, -0.1) is 0 Å². The molecule has 20 heavy (non-hydrogen) atoms. The molecule has 0 aliphatic rings. The Morgan fingerprint density at radius 3 is 2.60 bits per heavy atom. The van der Waals surface area contributed by atoms with Crippen LogP contribution in [0.4, 0.5) is 4.39 Å². The molecule has 2 rings (SSSR count). The SMILES string of the molecule is CCc1ccc(Oc2cccc(F)c2C#N)c(OC)c1. The average Bonchev–Trinajstić information content (AvgIpc) is 2.48. The second-order valence-electron chi connectivity index (χ2n) is 4.17. The van der Waals surface area contributed by atoms with Gasteiger partial charge in [-0.25, -0.2) is 4.39 Å². The lowest BCUT2D eigenvalue weighted by molar-refractivity contribution is 0.377. The quantitative estimate of drug-likeness (QED) is 0.842. The zero-order valence-corrected chi connectivity index (χ0v) is 11.3. The third-order valence-corrected chi connectivity index (χ3v) is 2.94. The van der Waals surface area contributed by atoms with Gasteiger partial charge in [-0.3, -0.25) is 0 Å². The van der Waals surface area contributed by atoms with Crippen molar-refractivity contribution in [2.75, 3.05) is 7.11 Å². The van der Waals surface area contributed by atoms with Crippen molar-refractivity contribution in [3.05, 3.63) is 53.3 Å². The number of rotatable bonds is 4. The van der Waals surface area contributed by atoms with E-state index in [4.69, 9.17) is 14.7 Å². The molecule has 0 aliphatic heterocycles. The molecule has 0 amide bonds. The molecule has 0 atom stereocenters. The molecule has 102 valence electrons. The van der Waals surface area contributed by atoms with Crippen molar-refractivity contribution in [1.29, 1.82) is 5.26 Å². The van der Waals surface area contributed by atoms with E-state index in [1.807, 2.05) is 19.1 Å². The summed E-state index contributed by atoms with van der Waals surface area (Å²) in [7, 11) is 1.54. The maximum Gasteiger partial charge on any atom is 0.169 e. The lowest BCUT2D eigenvalue weighted by Crippen LogP contribution is -1.95. The van der Waals surface area contributed by atoms with Gasteiger partial charge in [-0.2, -0.15) is 5.26 Å². The maximum atomic E-state index is 13.5. The fourth-order valence-electron chi connectivity index (χ4n) is 1.83. The van der Waals surface area contributed by atoms with Crippen molar-refractivity contribution in [2.45, 2.75) is 13.3 Å². The Hall–Kier alpha value is -2.54. The maximum absolute atomic E-state index is 13.5. The molecular formula is C16H14FNO2. The van der Waals surface area contributed by atoms with E-state index in [9.17, 15) is 4.39 Å². The normalized spacial score (nSPS) is 9.90. The van der Waals surface area contributed by atoms with Crippen molar-refractivity contribution in [3.8, 4) is 23.3 Å². The number of halogens is 1. The molecule has 0 radical (unpaired) electrons. The van der Waals surface area contributed by atoms with Gasteiger partial charge in [0.25, 0.3) is 0 Å². The minimum Gasteiger partial charge on any atom is -0.493 e. The first kappa shape index (κ1) is 13.9. The number of nitrogens with zero attached hydrogens (tertiary/aromatic N) is 1. The summed E-state index contributed by atoms with van der Waals surface area (Å²) in [5, 5.41) is 8.98. The second-order valence-corrected chi connectivity index (χ2v) is 4.17. The number of methoxy groups -OCH3 is 1. The van der Waals surface area contributed by atoms with Crippen LogP contribution in [0.25, 0.3) is 0 Å². The van der Waals surface area contributed by atoms with E-state index >= 15 is 0 Å². The van der Waals surface area contributed by atoms with Gasteiger partial charge in [0.1, 0.15) is 23.2 Å². The zero-order chi connectivity index (χ0) is 14.5. The van der Waals surface area contributed by atoms with Crippen LogP contribution in [-0.2, 0) is 6.42 Å². The van der Waals surface area contributed by atoms with Crippen LogP contribution in [0, 0.1) is 17.1 Å². The van der Waals surface area contributed by atoms with E-state index < -0.39 is 5.82 Å². The van der Waals surface area contributed by atoms with Crippen molar-refractivity contribution in [1.82, 2.24) is 0 Å². The standard InChI is InChI=1S/C16H14FNO2/c1-3-11-7-8-15(16(9-11)19-2)20-14-6-4-5-13(17)12(14)10-18/h4-9H,3H2,1-2H3. The first-order chi connectivity index (χ1) is 9.69. The van der Waals surface area contributed by atoms with Crippen LogP contribution < -0.4 is 9.47 Å². The Bertz CT molecular complexity index is 662. The summed E-state index contributed by atoms with van der Waals surface area (Å²) in [4.78, 5) is 0. The van der Waals surface area contributed by atoms with Crippen LogP contribution in [0.1, 0.15) is 18.1 Å². The van der Waals surface area contributed by atoms with E-state index in [0.29, 0.717) is 11.5 Å². The lowest BCUT2D eigenvalue weighted by atomic mass is 10.1. The molecule has 3 nitrogen and oxygen atoms in total. The molecule has 0 bridgehead atoms. The summed E-state index contributed by atoms with van der Waals surface area (Å²) in [5.74, 6) is 0.577. The Morgan fingerprint density at radius 2 is 1.95 bits per heavy atom. The Labute approximate surface area is 117 Å². The van der Waals surface area contributed by atoms with E-state index in [0.717, 1.165) is 12.0 Å². The van der Waals surface area contributed by atoms with Gasteiger partial charge >= 0.3 is 0 Å². The van der Waals surface area contributed by atoms with E-state index in [1.54, 1.807) is 25.3 Å². The van der Waals surface area contributed by atoms with Crippen LogP contribution in [0.2, 0.25) is 0 Å². The summed E-state index contributed by atoms with van der Waals surface area (Å²) in [6.07, 6.45) is 0.875. The fraction of sp³-hybridized carbons (Fsp3) is 0.188. The Kier molecular flexibility index (Phi) is 4.21. The largest absolute Gasteiger partial charge is 0.493 e. The summed E-state index contributed by atoms with van der Waals surface area (Å²) in [6.45, 7) is 2.04. The molecule has 0 fully saturated rings. The first-order valence-electron chi connectivity index (χ1n) is 6.23. The van der Waals surface area contributed by atoms with E-state index in [-0.39, 0.29) is 11.3 Å². The minimum absolute atomic E-state index is 0.117. The van der Waals surface area contributed by atoms with Crippen LogP contribution in [-0.4, -0.2) is 7.11 Å². The molecule has 2 aromatic carbocycles. The van der Waals surface area contributed by atoms with Gasteiger partial charge in [0.2, 0.25) is 0 Å². The van der Waals surface area contributed by atoms with Crippen molar-refractivity contribution in [2.24, 2.45) is 0 Å². The van der Waals surface area contributed by atoms with Crippen LogP contribution in [0.15, 0.2) is 36.4 Å². The predicted molar refractivity (Wildman–Crippen MR) is 73.6 cm³/mol. The minimum atomic E-state index is -0.603. The van der Waals surface area contributed by atoms with Crippen LogP contribution in [0.3, 0.4) is 0 Å². The number of aryl methyl sites for hydroxylation is 1. The van der Waals surface area contributed by atoms with E-state index in [2.05, 4.69) is 0 Å².